The fourth-order valence-corrected chi connectivity index (χ4v) is 3.99. The molecule has 7 heteroatoms. The number of carbonyl (C=O) groups excluding carboxylic acids is 1. The van der Waals surface area contributed by atoms with E-state index in [0.29, 0.717) is 30.9 Å². The van der Waals surface area contributed by atoms with Gasteiger partial charge in [-0.05, 0) is 64.7 Å². The summed E-state index contributed by atoms with van der Waals surface area (Å²) in [5.41, 5.74) is 0.267. The van der Waals surface area contributed by atoms with Crippen LogP contribution in [0.4, 0.5) is 4.79 Å². The van der Waals surface area contributed by atoms with Gasteiger partial charge in [0.2, 0.25) is 0 Å². The molecule has 1 aromatic carbocycles. The zero-order chi connectivity index (χ0) is 20.5. The number of halogens is 1. The van der Waals surface area contributed by atoms with Gasteiger partial charge in [0, 0.05) is 30.5 Å². The molecule has 6 nitrogen and oxygen atoms in total. The molecule has 2 aromatic rings. The third-order valence-corrected chi connectivity index (χ3v) is 5.54. The molecule has 0 spiro atoms. The highest BCUT2D eigenvalue weighted by atomic mass is 79.9. The number of rotatable bonds is 3. The highest BCUT2D eigenvalue weighted by Gasteiger charge is 2.27. The molecule has 152 valence electrons. The average Bonchev–Trinajstić information content (AvgIpc) is 2.62. The molecule has 1 aromatic heterocycles. The predicted octanol–water partition coefficient (Wildman–Crippen LogP) is 4.37. The maximum absolute atomic E-state index is 12.9. The molecule has 1 aliphatic rings. The number of piperidine rings is 1. The Kier molecular flexibility index (Phi) is 6.12. The van der Waals surface area contributed by atoms with E-state index in [1.165, 1.54) is 0 Å². The molecule has 0 unspecified atom stereocenters. The molecule has 0 saturated carbocycles. The first kappa shape index (κ1) is 20.8. The van der Waals surface area contributed by atoms with E-state index in [0.717, 1.165) is 35.1 Å². The molecule has 1 aliphatic heterocycles. The number of aromatic nitrogens is 2. The molecule has 28 heavy (non-hydrogen) atoms. The van der Waals surface area contributed by atoms with Gasteiger partial charge < -0.3 is 9.64 Å². The van der Waals surface area contributed by atoms with Crippen LogP contribution in [-0.2, 0) is 17.7 Å². The van der Waals surface area contributed by atoms with Crippen LogP contribution in [0.5, 0.6) is 0 Å². The number of benzene rings is 1. The standard InChI is InChI=1S/C21H28BrN3O3/c1-5-25-18(23-17-7-6-15(22)13-16(17)19(25)26)12-14-8-10-24(11-9-14)20(27)28-21(2,3)4/h6-7,13-14H,5,8-12H2,1-4H3. The van der Waals surface area contributed by atoms with Crippen molar-refractivity contribution in [1.82, 2.24) is 14.5 Å². The Bertz CT molecular complexity index is 925. The minimum absolute atomic E-state index is 0.00925. The van der Waals surface area contributed by atoms with Crippen LogP contribution in [0.3, 0.4) is 0 Å². The van der Waals surface area contributed by atoms with Crippen molar-refractivity contribution in [2.45, 2.75) is 59.1 Å². The van der Waals surface area contributed by atoms with Crippen molar-refractivity contribution in [1.29, 1.82) is 0 Å². The Morgan fingerprint density at radius 2 is 1.96 bits per heavy atom. The van der Waals surface area contributed by atoms with Crippen LogP contribution in [0.25, 0.3) is 10.9 Å². The zero-order valence-corrected chi connectivity index (χ0v) is 18.6. The van der Waals surface area contributed by atoms with Crippen molar-refractivity contribution in [3.63, 3.8) is 0 Å². The Hall–Kier alpha value is -1.89. The van der Waals surface area contributed by atoms with Crippen molar-refractivity contribution < 1.29 is 9.53 Å². The first-order valence-electron chi connectivity index (χ1n) is 9.85. The first-order chi connectivity index (χ1) is 13.2. The zero-order valence-electron chi connectivity index (χ0n) is 17.0. The normalized spacial score (nSPS) is 15.8. The fourth-order valence-electron chi connectivity index (χ4n) is 3.63. The quantitative estimate of drug-likeness (QED) is 0.697. The van der Waals surface area contributed by atoms with Gasteiger partial charge in [0.05, 0.1) is 10.9 Å². The number of carbonyl (C=O) groups is 1. The lowest BCUT2D eigenvalue weighted by Gasteiger charge is -2.33. The van der Waals surface area contributed by atoms with E-state index in [9.17, 15) is 9.59 Å². The topological polar surface area (TPSA) is 64.4 Å². The van der Waals surface area contributed by atoms with Gasteiger partial charge in [0.1, 0.15) is 11.4 Å². The van der Waals surface area contributed by atoms with Crippen LogP contribution in [0.15, 0.2) is 27.5 Å². The summed E-state index contributed by atoms with van der Waals surface area (Å²) in [6.07, 6.45) is 2.27. The lowest BCUT2D eigenvalue weighted by Crippen LogP contribution is -2.42. The van der Waals surface area contributed by atoms with E-state index in [4.69, 9.17) is 9.72 Å². The summed E-state index contributed by atoms with van der Waals surface area (Å²) >= 11 is 3.43. The lowest BCUT2D eigenvalue weighted by molar-refractivity contribution is 0.0183. The largest absolute Gasteiger partial charge is 0.444 e. The summed E-state index contributed by atoms with van der Waals surface area (Å²) in [6, 6.07) is 5.63. The van der Waals surface area contributed by atoms with Crippen LogP contribution in [0, 0.1) is 5.92 Å². The van der Waals surface area contributed by atoms with Crippen molar-refractivity contribution >= 4 is 32.9 Å². The molecular weight excluding hydrogens is 422 g/mol. The molecule has 0 radical (unpaired) electrons. The Morgan fingerprint density at radius 1 is 1.29 bits per heavy atom. The maximum Gasteiger partial charge on any atom is 0.410 e. The Balaban J connectivity index is 1.73. The SMILES string of the molecule is CCn1c(CC2CCN(C(=O)OC(C)(C)C)CC2)nc2ccc(Br)cc2c1=O. The second-order valence-corrected chi connectivity index (χ2v) is 9.27. The molecular formula is C21H28BrN3O3. The van der Waals surface area contributed by atoms with E-state index in [1.807, 2.05) is 45.9 Å². The number of fused-ring (bicyclic) bond motifs is 1. The van der Waals surface area contributed by atoms with Gasteiger partial charge in [-0.25, -0.2) is 9.78 Å². The minimum atomic E-state index is -0.477. The summed E-state index contributed by atoms with van der Waals surface area (Å²) < 4.78 is 8.12. The van der Waals surface area contributed by atoms with E-state index in [2.05, 4.69) is 15.9 Å². The van der Waals surface area contributed by atoms with Crippen molar-refractivity contribution in [3.8, 4) is 0 Å². The second kappa shape index (κ2) is 8.23. The van der Waals surface area contributed by atoms with Crippen LogP contribution < -0.4 is 5.56 Å². The fraction of sp³-hybridized carbons (Fsp3) is 0.571. The summed E-state index contributed by atoms with van der Waals surface area (Å²) in [4.78, 5) is 31.7. The summed E-state index contributed by atoms with van der Waals surface area (Å²) in [5.74, 6) is 1.23. The first-order valence-corrected chi connectivity index (χ1v) is 10.6. The van der Waals surface area contributed by atoms with Gasteiger partial charge in [-0.1, -0.05) is 15.9 Å². The highest BCUT2D eigenvalue weighted by Crippen LogP contribution is 2.23. The molecule has 1 saturated heterocycles. The number of ether oxygens (including phenoxy) is 1. The molecule has 0 N–H and O–H groups in total. The molecule has 0 atom stereocenters. The molecule has 1 amide bonds. The summed E-state index contributed by atoms with van der Waals surface area (Å²) in [5, 5.41) is 0.639. The predicted molar refractivity (Wildman–Crippen MR) is 114 cm³/mol. The number of amides is 1. The van der Waals surface area contributed by atoms with E-state index < -0.39 is 5.60 Å². The monoisotopic (exact) mass is 449 g/mol. The van der Waals surface area contributed by atoms with Gasteiger partial charge >= 0.3 is 6.09 Å². The molecule has 2 heterocycles. The second-order valence-electron chi connectivity index (χ2n) is 8.35. The van der Waals surface area contributed by atoms with Gasteiger partial charge in [-0.2, -0.15) is 0 Å². The van der Waals surface area contributed by atoms with Crippen molar-refractivity contribution in [3.05, 3.63) is 38.9 Å². The van der Waals surface area contributed by atoms with Crippen molar-refractivity contribution in [2.75, 3.05) is 13.1 Å². The molecule has 1 fully saturated rings. The van der Waals surface area contributed by atoms with Crippen LogP contribution in [-0.4, -0.2) is 39.2 Å². The smallest absolute Gasteiger partial charge is 0.410 e. The Labute approximate surface area is 174 Å². The van der Waals surface area contributed by atoms with Crippen LogP contribution >= 0.6 is 15.9 Å². The average molecular weight is 450 g/mol. The number of likely N-dealkylation sites (tertiary alicyclic amines) is 1. The van der Waals surface area contributed by atoms with Crippen molar-refractivity contribution in [2.24, 2.45) is 5.92 Å². The highest BCUT2D eigenvalue weighted by molar-refractivity contribution is 9.10. The maximum atomic E-state index is 12.9. The van der Waals surface area contributed by atoms with Gasteiger partial charge in [0.15, 0.2) is 0 Å². The minimum Gasteiger partial charge on any atom is -0.444 e. The van der Waals surface area contributed by atoms with Gasteiger partial charge in [0.25, 0.3) is 5.56 Å². The van der Waals surface area contributed by atoms with E-state index in [-0.39, 0.29) is 11.7 Å². The van der Waals surface area contributed by atoms with Gasteiger partial charge in [-0.15, -0.1) is 0 Å². The third-order valence-electron chi connectivity index (χ3n) is 5.05. The van der Waals surface area contributed by atoms with E-state index >= 15 is 0 Å². The number of nitrogens with zero attached hydrogens (tertiary/aromatic N) is 3. The third kappa shape index (κ3) is 4.74. The summed E-state index contributed by atoms with van der Waals surface area (Å²) in [6.45, 7) is 9.57. The molecule has 0 bridgehead atoms. The van der Waals surface area contributed by atoms with Crippen LogP contribution in [0.2, 0.25) is 0 Å². The number of hydrogen-bond acceptors (Lipinski definition) is 4. The Morgan fingerprint density at radius 3 is 2.57 bits per heavy atom. The lowest BCUT2D eigenvalue weighted by atomic mass is 9.93. The molecule has 0 aliphatic carbocycles. The van der Waals surface area contributed by atoms with E-state index in [1.54, 1.807) is 9.47 Å². The van der Waals surface area contributed by atoms with Gasteiger partial charge in [-0.3, -0.25) is 9.36 Å². The van der Waals surface area contributed by atoms with Crippen LogP contribution in [0.1, 0.15) is 46.4 Å². The molecule has 3 rings (SSSR count). The number of hydrogen-bond donors (Lipinski definition) is 0. The summed E-state index contributed by atoms with van der Waals surface area (Å²) in [7, 11) is 0.